The molecule has 0 unspecified atom stereocenters. The molecule has 0 fully saturated rings. The first-order valence-electron chi connectivity index (χ1n) is 6.54. The highest BCUT2D eigenvalue weighted by atomic mass is 32.1. The van der Waals surface area contributed by atoms with Gasteiger partial charge in [-0.15, -0.1) is 11.3 Å². The van der Waals surface area contributed by atoms with Crippen LogP contribution < -0.4 is 15.4 Å². The second-order valence-corrected chi connectivity index (χ2v) is 5.28. The molecule has 3 nitrogen and oxygen atoms in total. The molecule has 2 N–H and O–H groups in total. The molecule has 1 aromatic carbocycles. The van der Waals surface area contributed by atoms with Gasteiger partial charge in [0.15, 0.2) is 0 Å². The van der Waals surface area contributed by atoms with E-state index in [4.69, 9.17) is 10.5 Å². The number of thiophene rings is 1. The average Bonchev–Trinajstić information content (AvgIpc) is 2.92. The highest BCUT2D eigenvalue weighted by Crippen LogP contribution is 2.29. The molecular formula is C15H20N2OS. The summed E-state index contributed by atoms with van der Waals surface area (Å²) in [5.74, 6) is 0.768. The summed E-state index contributed by atoms with van der Waals surface area (Å²) in [6.45, 7) is 6.63. The lowest BCUT2D eigenvalue weighted by atomic mass is 10.2. The van der Waals surface area contributed by atoms with Crippen LogP contribution in [0.1, 0.15) is 18.7 Å². The molecule has 19 heavy (non-hydrogen) atoms. The lowest BCUT2D eigenvalue weighted by Gasteiger charge is -2.23. The van der Waals surface area contributed by atoms with Crippen LogP contribution in [0.5, 0.6) is 5.75 Å². The van der Waals surface area contributed by atoms with Crippen LogP contribution in [0.25, 0.3) is 0 Å². The summed E-state index contributed by atoms with van der Waals surface area (Å²) in [7, 11) is 0. The zero-order valence-electron chi connectivity index (χ0n) is 11.4. The average molecular weight is 276 g/mol. The zero-order valence-corrected chi connectivity index (χ0v) is 12.2. The van der Waals surface area contributed by atoms with E-state index >= 15 is 0 Å². The predicted octanol–water partition coefficient (Wildman–Crippen LogP) is 3.76. The Balaban J connectivity index is 2.20. The molecule has 0 aliphatic rings. The molecule has 0 atom stereocenters. The van der Waals surface area contributed by atoms with Crippen molar-refractivity contribution >= 4 is 22.7 Å². The van der Waals surface area contributed by atoms with Crippen LogP contribution in [0.2, 0.25) is 0 Å². The number of hydrogen-bond donors (Lipinski definition) is 1. The molecule has 0 saturated heterocycles. The fraction of sp³-hybridized carbons (Fsp3) is 0.333. The van der Waals surface area contributed by atoms with Gasteiger partial charge in [0.05, 0.1) is 18.8 Å². The normalized spacial score (nSPS) is 10.4. The summed E-state index contributed by atoms with van der Waals surface area (Å²) < 4.78 is 5.56. The predicted molar refractivity (Wildman–Crippen MR) is 83.1 cm³/mol. The number of anilines is 2. The van der Waals surface area contributed by atoms with Gasteiger partial charge in [-0.25, -0.2) is 0 Å². The Kier molecular flexibility index (Phi) is 4.68. The van der Waals surface area contributed by atoms with E-state index in [1.165, 1.54) is 4.88 Å². The van der Waals surface area contributed by atoms with Gasteiger partial charge in [-0.05, 0) is 37.4 Å². The van der Waals surface area contributed by atoms with Gasteiger partial charge in [-0.3, -0.25) is 0 Å². The molecule has 0 aliphatic carbocycles. The molecule has 1 aromatic heterocycles. The minimum absolute atomic E-state index is 0.630. The van der Waals surface area contributed by atoms with Crippen molar-refractivity contribution in [2.24, 2.45) is 0 Å². The molecule has 2 rings (SSSR count). The number of nitrogen functional groups attached to an aromatic ring is 1. The van der Waals surface area contributed by atoms with Crippen molar-refractivity contribution in [2.75, 3.05) is 23.8 Å². The van der Waals surface area contributed by atoms with E-state index < -0.39 is 0 Å². The molecule has 0 bridgehead atoms. The van der Waals surface area contributed by atoms with E-state index in [1.54, 1.807) is 11.3 Å². The third kappa shape index (κ3) is 3.41. The minimum atomic E-state index is 0.630. The highest BCUT2D eigenvalue weighted by molar-refractivity contribution is 7.09. The molecule has 0 amide bonds. The van der Waals surface area contributed by atoms with Crippen molar-refractivity contribution in [3.63, 3.8) is 0 Å². The molecule has 4 heteroatoms. The van der Waals surface area contributed by atoms with Gasteiger partial charge in [0, 0.05) is 23.2 Å². The van der Waals surface area contributed by atoms with E-state index in [1.807, 2.05) is 19.1 Å². The maximum absolute atomic E-state index is 5.91. The van der Waals surface area contributed by atoms with Gasteiger partial charge >= 0.3 is 0 Å². The number of nitrogens with two attached hydrogens (primary N) is 1. The van der Waals surface area contributed by atoms with E-state index in [9.17, 15) is 0 Å². The van der Waals surface area contributed by atoms with Crippen LogP contribution in [-0.4, -0.2) is 13.2 Å². The third-order valence-electron chi connectivity index (χ3n) is 2.97. The number of ether oxygens (including phenoxy) is 1. The highest BCUT2D eigenvalue weighted by Gasteiger charge is 2.09. The second-order valence-electron chi connectivity index (χ2n) is 4.25. The summed E-state index contributed by atoms with van der Waals surface area (Å²) in [5, 5.41) is 2.11. The van der Waals surface area contributed by atoms with Gasteiger partial charge < -0.3 is 15.4 Å². The minimum Gasteiger partial charge on any atom is -0.492 e. The summed E-state index contributed by atoms with van der Waals surface area (Å²) in [5.41, 5.74) is 7.75. The topological polar surface area (TPSA) is 38.5 Å². The Morgan fingerprint density at radius 1 is 1.26 bits per heavy atom. The van der Waals surface area contributed by atoms with Crippen molar-refractivity contribution in [3.8, 4) is 5.75 Å². The fourth-order valence-electron chi connectivity index (χ4n) is 1.98. The summed E-state index contributed by atoms with van der Waals surface area (Å²) >= 11 is 1.78. The van der Waals surface area contributed by atoms with Gasteiger partial charge in [-0.2, -0.15) is 0 Å². The van der Waals surface area contributed by atoms with E-state index in [0.717, 1.165) is 24.5 Å². The monoisotopic (exact) mass is 276 g/mol. The largest absolute Gasteiger partial charge is 0.492 e. The van der Waals surface area contributed by atoms with Crippen molar-refractivity contribution in [3.05, 3.63) is 40.6 Å². The third-order valence-corrected chi connectivity index (χ3v) is 3.83. The first-order chi connectivity index (χ1) is 9.24. The zero-order chi connectivity index (χ0) is 13.7. The van der Waals surface area contributed by atoms with Gasteiger partial charge in [0.25, 0.3) is 0 Å². The molecular weight excluding hydrogens is 256 g/mol. The first-order valence-corrected chi connectivity index (χ1v) is 7.42. The van der Waals surface area contributed by atoms with Crippen molar-refractivity contribution in [1.82, 2.24) is 0 Å². The second kappa shape index (κ2) is 6.48. The van der Waals surface area contributed by atoms with Crippen molar-refractivity contribution in [1.29, 1.82) is 0 Å². The number of nitrogens with zero attached hydrogens (tertiary/aromatic N) is 1. The standard InChI is InChI=1S/C15H20N2OS/c1-3-17(11-13-6-5-9-19-13)12-7-8-14(16)15(10-12)18-4-2/h5-10H,3-4,11,16H2,1-2H3. The summed E-state index contributed by atoms with van der Waals surface area (Å²) in [4.78, 5) is 3.67. The van der Waals surface area contributed by atoms with Crippen LogP contribution in [0, 0.1) is 0 Å². The van der Waals surface area contributed by atoms with E-state index in [2.05, 4.69) is 35.4 Å². The molecule has 102 valence electrons. The van der Waals surface area contributed by atoms with Crippen molar-refractivity contribution in [2.45, 2.75) is 20.4 Å². The Hall–Kier alpha value is -1.68. The van der Waals surface area contributed by atoms with E-state index in [-0.39, 0.29) is 0 Å². The van der Waals surface area contributed by atoms with Gasteiger partial charge in [0.2, 0.25) is 0 Å². The van der Waals surface area contributed by atoms with Crippen LogP contribution in [0.3, 0.4) is 0 Å². The lowest BCUT2D eigenvalue weighted by molar-refractivity contribution is 0.342. The smallest absolute Gasteiger partial charge is 0.144 e. The number of benzene rings is 1. The Labute approximate surface area is 118 Å². The number of hydrogen-bond acceptors (Lipinski definition) is 4. The fourth-order valence-corrected chi connectivity index (χ4v) is 2.70. The maximum Gasteiger partial charge on any atom is 0.144 e. The Morgan fingerprint density at radius 2 is 2.11 bits per heavy atom. The maximum atomic E-state index is 5.91. The molecule has 0 radical (unpaired) electrons. The van der Waals surface area contributed by atoms with Crippen LogP contribution in [0.15, 0.2) is 35.7 Å². The first kappa shape index (κ1) is 13.7. The number of rotatable bonds is 6. The summed E-state index contributed by atoms with van der Waals surface area (Å²) in [6, 6.07) is 10.2. The van der Waals surface area contributed by atoms with Crippen LogP contribution in [-0.2, 0) is 6.54 Å². The van der Waals surface area contributed by atoms with Gasteiger partial charge in [0.1, 0.15) is 5.75 Å². The van der Waals surface area contributed by atoms with Crippen LogP contribution >= 0.6 is 11.3 Å². The molecule has 0 saturated carbocycles. The molecule has 0 spiro atoms. The molecule has 0 aliphatic heterocycles. The van der Waals surface area contributed by atoms with E-state index in [0.29, 0.717) is 12.3 Å². The molecule has 2 aromatic rings. The Morgan fingerprint density at radius 3 is 2.74 bits per heavy atom. The molecule has 1 heterocycles. The lowest BCUT2D eigenvalue weighted by Crippen LogP contribution is -2.21. The summed E-state index contributed by atoms with van der Waals surface area (Å²) in [6.07, 6.45) is 0. The van der Waals surface area contributed by atoms with Gasteiger partial charge in [-0.1, -0.05) is 6.07 Å². The SMILES string of the molecule is CCOc1cc(N(CC)Cc2cccs2)ccc1N. The van der Waals surface area contributed by atoms with Crippen molar-refractivity contribution < 1.29 is 4.74 Å². The Bertz CT molecular complexity index is 511. The quantitative estimate of drug-likeness (QED) is 0.817. The van der Waals surface area contributed by atoms with Crippen LogP contribution in [0.4, 0.5) is 11.4 Å².